The molecule has 126 valence electrons. The number of aryl methyl sites for hydroxylation is 1. The second-order valence-corrected chi connectivity index (χ2v) is 7.80. The molecule has 0 N–H and O–H groups in total. The molecule has 0 spiro atoms. The zero-order valence-corrected chi connectivity index (χ0v) is 14.8. The third kappa shape index (κ3) is 4.98. The minimum atomic E-state index is 0.340. The monoisotopic (exact) mass is 332 g/mol. The van der Waals surface area contributed by atoms with Gasteiger partial charge in [-0.2, -0.15) is 0 Å². The van der Waals surface area contributed by atoms with Gasteiger partial charge in [-0.3, -0.25) is 4.79 Å². The Kier molecular flexibility index (Phi) is 6.40. The van der Waals surface area contributed by atoms with E-state index in [-0.39, 0.29) is 0 Å². The number of carbonyl (C=O) groups is 1. The molecule has 0 saturated carbocycles. The van der Waals surface area contributed by atoms with Crippen molar-refractivity contribution in [2.75, 3.05) is 31.9 Å². The molecule has 1 atom stereocenters. The Morgan fingerprint density at radius 2 is 1.83 bits per heavy atom. The minimum absolute atomic E-state index is 0.340. The normalized spacial score (nSPS) is 22.7. The molecule has 1 unspecified atom stereocenters. The Morgan fingerprint density at radius 1 is 1.04 bits per heavy atom. The fourth-order valence-corrected chi connectivity index (χ4v) is 4.78. The Balaban J connectivity index is 1.43. The number of likely N-dealkylation sites (tertiary alicyclic amines) is 1. The molecular weight excluding hydrogens is 304 g/mol. The Bertz CT molecular complexity index is 487. The van der Waals surface area contributed by atoms with Gasteiger partial charge >= 0.3 is 0 Å². The van der Waals surface area contributed by atoms with Gasteiger partial charge in [0, 0.05) is 6.54 Å². The molecule has 3 rings (SSSR count). The summed E-state index contributed by atoms with van der Waals surface area (Å²) in [5, 5.41) is 0.379. The number of hydrogen-bond donors (Lipinski definition) is 0. The molecule has 1 amide bonds. The molecule has 1 aromatic rings. The maximum Gasteiger partial charge on any atom is 0.233 e. The van der Waals surface area contributed by atoms with Crippen LogP contribution in [0.15, 0.2) is 30.3 Å². The summed E-state index contributed by atoms with van der Waals surface area (Å²) in [6.45, 7) is 4.59. The number of benzene rings is 1. The topological polar surface area (TPSA) is 23.6 Å². The van der Waals surface area contributed by atoms with Crippen molar-refractivity contribution in [3.63, 3.8) is 0 Å². The number of carbonyl (C=O) groups excluding carboxylic acids is 1. The minimum Gasteiger partial charge on any atom is -0.330 e. The van der Waals surface area contributed by atoms with Crippen molar-refractivity contribution in [1.82, 2.24) is 9.80 Å². The number of piperidine rings is 1. The van der Waals surface area contributed by atoms with Crippen LogP contribution in [0, 0.1) is 0 Å². The summed E-state index contributed by atoms with van der Waals surface area (Å²) in [5.74, 6) is 1.01. The molecule has 2 aliphatic heterocycles. The average Bonchev–Trinajstić information content (AvgIpc) is 2.95. The van der Waals surface area contributed by atoms with Crippen LogP contribution >= 0.6 is 11.8 Å². The molecular formula is C19H28N2OS. The van der Waals surface area contributed by atoms with Crippen molar-refractivity contribution >= 4 is 17.7 Å². The first-order chi connectivity index (χ1) is 11.3. The van der Waals surface area contributed by atoms with Crippen molar-refractivity contribution < 1.29 is 4.79 Å². The van der Waals surface area contributed by atoms with E-state index >= 15 is 0 Å². The lowest BCUT2D eigenvalue weighted by Gasteiger charge is -2.28. The molecule has 23 heavy (non-hydrogen) atoms. The molecule has 2 fully saturated rings. The first-order valence-electron chi connectivity index (χ1n) is 9.00. The van der Waals surface area contributed by atoms with Gasteiger partial charge in [0.2, 0.25) is 5.91 Å². The summed E-state index contributed by atoms with van der Waals surface area (Å²) in [6, 6.07) is 10.6. The molecule has 2 saturated heterocycles. The highest BCUT2D eigenvalue weighted by Gasteiger charge is 2.30. The summed E-state index contributed by atoms with van der Waals surface area (Å²) < 4.78 is 0. The third-order valence-corrected chi connectivity index (χ3v) is 6.20. The fraction of sp³-hybridized carbons (Fsp3) is 0.632. The number of amides is 1. The largest absolute Gasteiger partial charge is 0.330 e. The van der Waals surface area contributed by atoms with Crippen LogP contribution in [0.2, 0.25) is 0 Å². The third-order valence-electron chi connectivity index (χ3n) is 4.91. The van der Waals surface area contributed by atoms with Crippen LogP contribution in [-0.2, 0) is 11.2 Å². The highest BCUT2D eigenvalue weighted by molar-refractivity contribution is 8.00. The van der Waals surface area contributed by atoms with Crippen molar-refractivity contribution in [2.24, 2.45) is 0 Å². The fourth-order valence-electron chi connectivity index (χ4n) is 3.59. The van der Waals surface area contributed by atoms with E-state index in [9.17, 15) is 4.79 Å². The zero-order valence-electron chi connectivity index (χ0n) is 14.0. The lowest BCUT2D eigenvalue weighted by Crippen LogP contribution is -2.37. The van der Waals surface area contributed by atoms with Crippen LogP contribution in [0.1, 0.15) is 37.7 Å². The molecule has 0 aromatic heterocycles. The lowest BCUT2D eigenvalue weighted by molar-refractivity contribution is -0.128. The van der Waals surface area contributed by atoms with E-state index in [2.05, 4.69) is 40.1 Å². The van der Waals surface area contributed by atoms with Gasteiger partial charge in [0.15, 0.2) is 0 Å². The SMILES string of the molecule is O=C1CSC(CCc2ccccc2)N1CCCN1CCCCC1. The summed E-state index contributed by atoms with van der Waals surface area (Å²) in [4.78, 5) is 16.9. The molecule has 2 heterocycles. The van der Waals surface area contributed by atoms with Gasteiger partial charge in [0.25, 0.3) is 0 Å². The van der Waals surface area contributed by atoms with E-state index in [0.717, 1.165) is 32.4 Å². The summed E-state index contributed by atoms with van der Waals surface area (Å²) >= 11 is 1.83. The van der Waals surface area contributed by atoms with E-state index in [1.165, 1.54) is 37.9 Å². The number of thioether (sulfide) groups is 1. The second kappa shape index (κ2) is 8.74. The van der Waals surface area contributed by atoms with Crippen molar-refractivity contribution in [3.8, 4) is 0 Å². The van der Waals surface area contributed by atoms with Gasteiger partial charge in [-0.15, -0.1) is 11.8 Å². The second-order valence-electron chi connectivity index (χ2n) is 6.63. The highest BCUT2D eigenvalue weighted by atomic mass is 32.2. The molecule has 1 aromatic carbocycles. The van der Waals surface area contributed by atoms with Crippen LogP contribution in [0.4, 0.5) is 0 Å². The number of nitrogens with zero attached hydrogens (tertiary/aromatic N) is 2. The van der Waals surface area contributed by atoms with Crippen molar-refractivity contribution in [3.05, 3.63) is 35.9 Å². The van der Waals surface area contributed by atoms with Gasteiger partial charge in [0.05, 0.1) is 11.1 Å². The average molecular weight is 333 g/mol. The number of hydrogen-bond acceptors (Lipinski definition) is 3. The van der Waals surface area contributed by atoms with Gasteiger partial charge in [-0.05, 0) is 57.3 Å². The number of rotatable bonds is 7. The van der Waals surface area contributed by atoms with Gasteiger partial charge in [-0.1, -0.05) is 36.8 Å². The van der Waals surface area contributed by atoms with Crippen LogP contribution in [0.5, 0.6) is 0 Å². The molecule has 2 aliphatic rings. The first kappa shape index (κ1) is 16.8. The first-order valence-corrected chi connectivity index (χ1v) is 10.1. The van der Waals surface area contributed by atoms with E-state index in [4.69, 9.17) is 0 Å². The van der Waals surface area contributed by atoms with E-state index < -0.39 is 0 Å². The van der Waals surface area contributed by atoms with Crippen molar-refractivity contribution in [2.45, 2.75) is 43.9 Å². The van der Waals surface area contributed by atoms with Crippen LogP contribution in [0.3, 0.4) is 0 Å². The van der Waals surface area contributed by atoms with Crippen LogP contribution in [0.25, 0.3) is 0 Å². The van der Waals surface area contributed by atoms with Crippen molar-refractivity contribution in [1.29, 1.82) is 0 Å². The van der Waals surface area contributed by atoms with Gasteiger partial charge < -0.3 is 9.80 Å². The Hall–Kier alpha value is -1.00. The van der Waals surface area contributed by atoms with Gasteiger partial charge in [0.1, 0.15) is 0 Å². The summed E-state index contributed by atoms with van der Waals surface area (Å²) in [6.07, 6.45) is 7.34. The molecule has 0 aliphatic carbocycles. The van der Waals surface area contributed by atoms with E-state index in [1.807, 2.05) is 11.8 Å². The summed E-state index contributed by atoms with van der Waals surface area (Å²) in [7, 11) is 0. The molecule has 0 radical (unpaired) electrons. The maximum absolute atomic E-state index is 12.2. The Labute approximate surface area is 144 Å². The van der Waals surface area contributed by atoms with E-state index in [0.29, 0.717) is 17.0 Å². The molecule has 4 heteroatoms. The van der Waals surface area contributed by atoms with Gasteiger partial charge in [-0.25, -0.2) is 0 Å². The zero-order chi connectivity index (χ0) is 15.9. The van der Waals surface area contributed by atoms with E-state index in [1.54, 1.807) is 0 Å². The standard InChI is InChI=1S/C19H28N2OS/c22-18-16-23-19(11-10-17-8-3-1-4-9-17)21(18)15-7-14-20-12-5-2-6-13-20/h1,3-4,8-9,19H,2,5-7,10-16H2. The van der Waals surface area contributed by atoms with Crippen LogP contribution < -0.4 is 0 Å². The predicted octanol–water partition coefficient (Wildman–Crippen LogP) is 3.40. The quantitative estimate of drug-likeness (QED) is 0.764. The Morgan fingerprint density at radius 3 is 2.61 bits per heavy atom. The molecule has 0 bridgehead atoms. The van der Waals surface area contributed by atoms with Crippen LogP contribution in [-0.4, -0.2) is 53.0 Å². The summed E-state index contributed by atoms with van der Waals surface area (Å²) in [5.41, 5.74) is 1.38. The molecule has 3 nitrogen and oxygen atoms in total. The smallest absolute Gasteiger partial charge is 0.233 e. The maximum atomic E-state index is 12.2. The lowest BCUT2D eigenvalue weighted by atomic mass is 10.1. The predicted molar refractivity (Wildman–Crippen MR) is 97.6 cm³/mol. The highest BCUT2D eigenvalue weighted by Crippen LogP contribution is 2.28.